The summed E-state index contributed by atoms with van der Waals surface area (Å²) in [5.41, 5.74) is 0.924. The lowest BCUT2D eigenvalue weighted by Crippen LogP contribution is -2.44. The third kappa shape index (κ3) is 5.37. The van der Waals surface area contributed by atoms with E-state index in [0.717, 1.165) is 17.9 Å². The van der Waals surface area contributed by atoms with Gasteiger partial charge < -0.3 is 10.6 Å². The molecule has 0 fully saturated rings. The van der Waals surface area contributed by atoms with Crippen molar-refractivity contribution in [1.82, 2.24) is 10.6 Å². The highest BCUT2D eigenvalue weighted by molar-refractivity contribution is 6.31. The first kappa shape index (κ1) is 16.8. The molecule has 0 heterocycles. The van der Waals surface area contributed by atoms with E-state index < -0.39 is 0 Å². The maximum absolute atomic E-state index is 12.9. The molecule has 1 aromatic rings. The highest BCUT2D eigenvalue weighted by Crippen LogP contribution is 2.17. The van der Waals surface area contributed by atoms with Crippen molar-refractivity contribution in [3.8, 4) is 0 Å². The third-order valence-corrected chi connectivity index (χ3v) is 3.64. The summed E-state index contributed by atoms with van der Waals surface area (Å²) in [6, 6.07) is 4.82. The van der Waals surface area contributed by atoms with E-state index in [2.05, 4.69) is 36.4 Å². The molecule has 0 saturated carbocycles. The van der Waals surface area contributed by atoms with Gasteiger partial charge in [0.1, 0.15) is 5.82 Å². The van der Waals surface area contributed by atoms with Crippen LogP contribution in [0.4, 0.5) is 4.39 Å². The van der Waals surface area contributed by atoms with Crippen LogP contribution < -0.4 is 10.6 Å². The van der Waals surface area contributed by atoms with E-state index in [9.17, 15) is 4.39 Å². The fourth-order valence-electron chi connectivity index (χ4n) is 1.62. The lowest BCUT2D eigenvalue weighted by molar-refractivity contribution is 0.481. The predicted molar refractivity (Wildman–Crippen MR) is 83.9 cm³/mol. The topological polar surface area (TPSA) is 36.4 Å². The Labute approximate surface area is 125 Å². The van der Waals surface area contributed by atoms with Crippen molar-refractivity contribution in [2.75, 3.05) is 13.6 Å². The van der Waals surface area contributed by atoms with E-state index in [0.29, 0.717) is 23.5 Å². The fraction of sp³-hybridized carbons (Fsp3) is 0.533. The van der Waals surface area contributed by atoms with Gasteiger partial charge in [0.05, 0.1) is 0 Å². The summed E-state index contributed by atoms with van der Waals surface area (Å²) in [6.07, 6.45) is 0.718. The Balaban J connectivity index is 2.46. The number of halogens is 2. The third-order valence-electron chi connectivity index (χ3n) is 3.29. The second-order valence-corrected chi connectivity index (χ2v) is 5.57. The molecule has 112 valence electrons. The molecule has 0 saturated heterocycles. The summed E-state index contributed by atoms with van der Waals surface area (Å²) in [6.45, 7) is 7.12. The Bertz CT molecular complexity index is 460. The van der Waals surface area contributed by atoms with E-state index in [1.807, 2.05) is 0 Å². The minimum atomic E-state index is -0.310. The van der Waals surface area contributed by atoms with Crippen LogP contribution in [0.15, 0.2) is 23.2 Å². The van der Waals surface area contributed by atoms with Crippen LogP contribution in [0.5, 0.6) is 0 Å². The van der Waals surface area contributed by atoms with E-state index in [1.165, 1.54) is 12.1 Å². The molecule has 1 rings (SSSR count). The van der Waals surface area contributed by atoms with Crippen molar-refractivity contribution >= 4 is 17.6 Å². The number of guanidine groups is 1. The van der Waals surface area contributed by atoms with Gasteiger partial charge in [-0.05, 0) is 37.0 Å². The molecule has 5 heteroatoms. The molecule has 0 aromatic heterocycles. The molecule has 0 bridgehead atoms. The smallest absolute Gasteiger partial charge is 0.191 e. The zero-order valence-electron chi connectivity index (χ0n) is 12.5. The second-order valence-electron chi connectivity index (χ2n) is 5.16. The average Bonchev–Trinajstić information content (AvgIpc) is 2.39. The number of nitrogens with one attached hydrogen (secondary N) is 2. The largest absolute Gasteiger partial charge is 0.356 e. The molecule has 0 amide bonds. The van der Waals surface area contributed by atoms with Crippen LogP contribution >= 0.6 is 11.6 Å². The van der Waals surface area contributed by atoms with Crippen molar-refractivity contribution in [3.05, 3.63) is 34.6 Å². The lowest BCUT2D eigenvalue weighted by Gasteiger charge is -2.20. The molecule has 0 aliphatic carbocycles. The zero-order chi connectivity index (χ0) is 15.1. The van der Waals surface area contributed by atoms with E-state index in [-0.39, 0.29) is 5.82 Å². The van der Waals surface area contributed by atoms with Crippen LogP contribution in [-0.2, 0) is 6.42 Å². The van der Waals surface area contributed by atoms with Gasteiger partial charge in [-0.1, -0.05) is 31.5 Å². The Hall–Kier alpha value is -1.29. The Morgan fingerprint density at radius 2 is 2.05 bits per heavy atom. The van der Waals surface area contributed by atoms with Crippen molar-refractivity contribution in [1.29, 1.82) is 0 Å². The standard InChI is InChI=1S/C15H23ClFN3/c1-10(2)11(3)20-15(18-4)19-8-7-12-5-6-13(17)9-14(12)16/h5-6,9-11H,7-8H2,1-4H3,(H2,18,19,20). The molecule has 0 radical (unpaired) electrons. The number of benzene rings is 1. The molecule has 2 N–H and O–H groups in total. The van der Waals surface area contributed by atoms with Crippen molar-refractivity contribution in [3.63, 3.8) is 0 Å². The van der Waals surface area contributed by atoms with Gasteiger partial charge >= 0.3 is 0 Å². The number of hydrogen-bond acceptors (Lipinski definition) is 1. The SMILES string of the molecule is CN=C(NCCc1ccc(F)cc1Cl)NC(C)C(C)C. The van der Waals surface area contributed by atoms with Gasteiger partial charge in [-0.15, -0.1) is 0 Å². The summed E-state index contributed by atoms with van der Waals surface area (Å²) in [7, 11) is 1.74. The van der Waals surface area contributed by atoms with Crippen LogP contribution in [0.2, 0.25) is 5.02 Å². The maximum atomic E-state index is 12.9. The summed E-state index contributed by atoms with van der Waals surface area (Å²) >= 11 is 5.99. The highest BCUT2D eigenvalue weighted by atomic mass is 35.5. The normalized spacial score (nSPS) is 13.4. The lowest BCUT2D eigenvalue weighted by atomic mass is 10.1. The average molecular weight is 300 g/mol. The van der Waals surface area contributed by atoms with Crippen LogP contribution in [-0.4, -0.2) is 25.6 Å². The molecular weight excluding hydrogens is 277 g/mol. The van der Waals surface area contributed by atoms with Gasteiger partial charge in [-0.25, -0.2) is 4.39 Å². The molecule has 0 spiro atoms. The molecule has 0 aliphatic heterocycles. The first-order chi connectivity index (χ1) is 9.43. The van der Waals surface area contributed by atoms with Crippen LogP contribution in [0, 0.1) is 11.7 Å². The van der Waals surface area contributed by atoms with Crippen molar-refractivity contribution < 1.29 is 4.39 Å². The molecule has 0 aliphatic rings. The van der Waals surface area contributed by atoms with Crippen molar-refractivity contribution in [2.45, 2.75) is 33.2 Å². The Kier molecular flexibility index (Phi) is 6.79. The molecule has 1 aromatic carbocycles. The fourth-order valence-corrected chi connectivity index (χ4v) is 1.88. The van der Waals surface area contributed by atoms with Crippen LogP contribution in [0.1, 0.15) is 26.3 Å². The second kappa shape index (κ2) is 8.10. The first-order valence-electron chi connectivity index (χ1n) is 6.85. The minimum Gasteiger partial charge on any atom is -0.356 e. The first-order valence-corrected chi connectivity index (χ1v) is 7.23. The summed E-state index contributed by atoms with van der Waals surface area (Å²) < 4.78 is 12.9. The molecule has 3 nitrogen and oxygen atoms in total. The van der Waals surface area contributed by atoms with Gasteiger partial charge in [0.2, 0.25) is 0 Å². The van der Waals surface area contributed by atoms with E-state index in [1.54, 1.807) is 13.1 Å². The van der Waals surface area contributed by atoms with Gasteiger partial charge in [0, 0.05) is 24.7 Å². The molecule has 1 unspecified atom stereocenters. The van der Waals surface area contributed by atoms with Gasteiger partial charge in [-0.2, -0.15) is 0 Å². The summed E-state index contributed by atoms with van der Waals surface area (Å²) in [5.74, 6) is 0.986. The minimum absolute atomic E-state index is 0.310. The Morgan fingerprint density at radius 3 is 2.60 bits per heavy atom. The summed E-state index contributed by atoms with van der Waals surface area (Å²) in [4.78, 5) is 4.18. The monoisotopic (exact) mass is 299 g/mol. The number of aliphatic imine (C=N–C) groups is 1. The zero-order valence-corrected chi connectivity index (χ0v) is 13.3. The number of rotatable bonds is 5. The van der Waals surface area contributed by atoms with Gasteiger partial charge in [0.15, 0.2) is 5.96 Å². The van der Waals surface area contributed by atoms with E-state index in [4.69, 9.17) is 11.6 Å². The van der Waals surface area contributed by atoms with Gasteiger partial charge in [-0.3, -0.25) is 4.99 Å². The summed E-state index contributed by atoms with van der Waals surface area (Å²) in [5, 5.41) is 7.02. The quantitative estimate of drug-likeness (QED) is 0.647. The Morgan fingerprint density at radius 1 is 1.35 bits per heavy atom. The molecule has 1 atom stereocenters. The predicted octanol–water partition coefficient (Wildman–Crippen LogP) is 3.23. The van der Waals surface area contributed by atoms with Crippen molar-refractivity contribution in [2.24, 2.45) is 10.9 Å². The van der Waals surface area contributed by atoms with E-state index >= 15 is 0 Å². The van der Waals surface area contributed by atoms with Crippen LogP contribution in [0.3, 0.4) is 0 Å². The maximum Gasteiger partial charge on any atom is 0.191 e. The highest BCUT2D eigenvalue weighted by Gasteiger charge is 2.09. The number of hydrogen-bond donors (Lipinski definition) is 2. The number of nitrogens with zero attached hydrogens (tertiary/aromatic N) is 1. The molecular formula is C15H23ClFN3. The molecule has 20 heavy (non-hydrogen) atoms. The van der Waals surface area contributed by atoms with Gasteiger partial charge in [0.25, 0.3) is 0 Å². The van der Waals surface area contributed by atoms with Crippen LogP contribution in [0.25, 0.3) is 0 Å².